The van der Waals surface area contributed by atoms with Crippen LogP contribution in [0.4, 0.5) is 5.69 Å². The third-order valence-electron chi connectivity index (χ3n) is 8.50. The second kappa shape index (κ2) is 10.7. The highest BCUT2D eigenvalue weighted by molar-refractivity contribution is 5.79. The van der Waals surface area contributed by atoms with Gasteiger partial charge in [0.25, 0.3) is 0 Å². The molecule has 2 atom stereocenters. The van der Waals surface area contributed by atoms with Crippen LogP contribution in [0.3, 0.4) is 0 Å². The van der Waals surface area contributed by atoms with Crippen LogP contribution in [-0.2, 0) is 22.4 Å². The Kier molecular flexibility index (Phi) is 7.44. The molecule has 0 heterocycles. The third kappa shape index (κ3) is 5.98. The van der Waals surface area contributed by atoms with Gasteiger partial charge in [0.1, 0.15) is 0 Å². The zero-order valence-electron chi connectivity index (χ0n) is 21.2. The molecular weight excluding hydrogens is 450 g/mol. The van der Waals surface area contributed by atoms with Crippen LogP contribution in [0.15, 0.2) is 48.5 Å². The van der Waals surface area contributed by atoms with Crippen LogP contribution >= 0.6 is 0 Å². The Labute approximate surface area is 214 Å². The minimum atomic E-state index is -0.666. The van der Waals surface area contributed by atoms with Crippen molar-refractivity contribution < 1.29 is 14.7 Å². The number of nitrogens with one attached hydrogen (secondary N) is 3. The summed E-state index contributed by atoms with van der Waals surface area (Å²) < 4.78 is 0. The van der Waals surface area contributed by atoms with Gasteiger partial charge in [-0.3, -0.25) is 9.59 Å². The molecule has 4 bridgehead atoms. The maximum Gasteiger partial charge on any atom is 0.224 e. The average molecular weight is 490 g/mol. The molecule has 0 spiro atoms. The van der Waals surface area contributed by atoms with Gasteiger partial charge in [-0.15, -0.1) is 0 Å². The number of amides is 2. The molecule has 6 rings (SSSR count). The summed E-state index contributed by atoms with van der Waals surface area (Å²) in [5, 5.41) is 20.1. The number of hydrogen-bond acceptors (Lipinski definition) is 4. The molecule has 2 aromatic rings. The molecule has 4 aliphatic carbocycles. The monoisotopic (exact) mass is 489 g/mol. The summed E-state index contributed by atoms with van der Waals surface area (Å²) in [6.07, 6.45) is 8.88. The summed E-state index contributed by atoms with van der Waals surface area (Å²) >= 11 is 0. The minimum Gasteiger partial charge on any atom is -0.387 e. The molecule has 4 saturated carbocycles. The molecular formula is C30H39N3O3. The van der Waals surface area contributed by atoms with Gasteiger partial charge >= 0.3 is 0 Å². The SMILES string of the molecule is C[C@H](Cc1cccc(CC(=O)NC23CC4CC(CC(C4)C2)C3)c1)NC[C@H](O)c1cccc(NC=O)c1. The van der Waals surface area contributed by atoms with Gasteiger partial charge < -0.3 is 21.1 Å². The fourth-order valence-electron chi connectivity index (χ4n) is 7.42. The Balaban J connectivity index is 1.11. The minimum absolute atomic E-state index is 0.0610. The summed E-state index contributed by atoms with van der Waals surface area (Å²) in [5.41, 5.74) is 3.72. The number of hydrogen-bond donors (Lipinski definition) is 4. The van der Waals surface area contributed by atoms with Crippen LogP contribution in [0.2, 0.25) is 0 Å². The number of carbonyl (C=O) groups is 2. The van der Waals surface area contributed by atoms with E-state index < -0.39 is 6.10 Å². The first-order valence-corrected chi connectivity index (χ1v) is 13.5. The topological polar surface area (TPSA) is 90.5 Å². The first-order valence-electron chi connectivity index (χ1n) is 13.5. The number of anilines is 1. The Hall–Kier alpha value is -2.70. The van der Waals surface area contributed by atoms with Gasteiger partial charge in [-0.2, -0.15) is 0 Å². The highest BCUT2D eigenvalue weighted by Crippen LogP contribution is 2.55. The molecule has 6 nitrogen and oxygen atoms in total. The molecule has 4 fully saturated rings. The Bertz CT molecular complexity index is 1050. The van der Waals surface area contributed by atoms with Crippen LogP contribution in [0.5, 0.6) is 0 Å². The van der Waals surface area contributed by atoms with Crippen molar-refractivity contribution in [3.05, 3.63) is 65.2 Å². The molecule has 0 radical (unpaired) electrons. The predicted octanol–water partition coefficient (Wildman–Crippen LogP) is 4.14. The second-order valence-corrected chi connectivity index (χ2v) is 11.7. The van der Waals surface area contributed by atoms with Crippen molar-refractivity contribution in [1.82, 2.24) is 10.6 Å². The van der Waals surface area contributed by atoms with Gasteiger partial charge in [0.05, 0.1) is 12.5 Å². The fourth-order valence-corrected chi connectivity index (χ4v) is 7.42. The smallest absolute Gasteiger partial charge is 0.224 e. The Morgan fingerprint density at radius 1 is 1.03 bits per heavy atom. The average Bonchev–Trinajstić information content (AvgIpc) is 2.82. The van der Waals surface area contributed by atoms with Gasteiger partial charge in [0.2, 0.25) is 12.3 Å². The molecule has 4 N–H and O–H groups in total. The van der Waals surface area contributed by atoms with Crippen molar-refractivity contribution in [2.24, 2.45) is 17.8 Å². The van der Waals surface area contributed by atoms with Crippen molar-refractivity contribution >= 4 is 18.0 Å². The van der Waals surface area contributed by atoms with E-state index in [9.17, 15) is 14.7 Å². The van der Waals surface area contributed by atoms with E-state index in [1.807, 2.05) is 24.3 Å². The number of carbonyl (C=O) groups excluding carboxylic acids is 2. The lowest BCUT2D eigenvalue weighted by Gasteiger charge is -2.56. The lowest BCUT2D eigenvalue weighted by atomic mass is 9.53. The molecule has 4 aliphatic rings. The maximum atomic E-state index is 13.0. The van der Waals surface area contributed by atoms with E-state index in [0.29, 0.717) is 25.1 Å². The van der Waals surface area contributed by atoms with Crippen molar-refractivity contribution in [1.29, 1.82) is 0 Å². The first-order chi connectivity index (χ1) is 17.4. The molecule has 0 saturated heterocycles. The van der Waals surface area contributed by atoms with E-state index in [2.05, 4.69) is 35.0 Å². The molecule has 0 aliphatic heterocycles. The number of rotatable bonds is 11. The standard InChI is InChI=1S/C30H39N3O3/c1-20(31-18-28(35)26-6-3-7-27(14-26)32-19-34)8-21-4-2-5-22(9-21)13-29(36)33-30-15-23-10-24(16-30)12-25(11-23)17-30/h2-7,9,14,19-20,23-25,28,31,35H,8,10-13,15-18H2,1H3,(H,32,34)(H,33,36)/t20-,23?,24?,25?,28+,30?/m1/s1. The number of benzene rings is 2. The van der Waals surface area contributed by atoms with Gasteiger partial charge in [-0.05, 0) is 98.4 Å². The Morgan fingerprint density at radius 3 is 2.39 bits per heavy atom. The molecule has 6 heteroatoms. The normalized spacial score (nSPS) is 27.9. The van der Waals surface area contributed by atoms with Crippen LogP contribution in [0.25, 0.3) is 0 Å². The second-order valence-electron chi connectivity index (χ2n) is 11.7. The van der Waals surface area contributed by atoms with Gasteiger partial charge in [0, 0.05) is 23.8 Å². The maximum absolute atomic E-state index is 13.0. The molecule has 2 amide bonds. The van der Waals surface area contributed by atoms with Crippen molar-refractivity contribution in [2.75, 3.05) is 11.9 Å². The van der Waals surface area contributed by atoms with Crippen LogP contribution in [0.1, 0.15) is 68.2 Å². The first kappa shape index (κ1) is 25.0. The summed E-state index contributed by atoms with van der Waals surface area (Å²) in [7, 11) is 0. The predicted molar refractivity (Wildman–Crippen MR) is 141 cm³/mol. The fraction of sp³-hybridized carbons (Fsp3) is 0.533. The molecule has 0 unspecified atom stereocenters. The summed E-state index contributed by atoms with van der Waals surface area (Å²) in [6.45, 7) is 2.52. The molecule has 2 aromatic carbocycles. The molecule has 192 valence electrons. The number of aliphatic hydroxyl groups excluding tert-OH is 1. The molecule has 0 aromatic heterocycles. The third-order valence-corrected chi connectivity index (χ3v) is 8.50. The van der Waals surface area contributed by atoms with E-state index in [1.165, 1.54) is 44.1 Å². The summed E-state index contributed by atoms with van der Waals surface area (Å²) in [4.78, 5) is 23.7. The quantitative estimate of drug-likeness (QED) is 0.357. The highest BCUT2D eigenvalue weighted by Gasteiger charge is 2.51. The largest absolute Gasteiger partial charge is 0.387 e. The van der Waals surface area contributed by atoms with Crippen LogP contribution in [-0.4, -0.2) is 35.5 Å². The molecule has 36 heavy (non-hydrogen) atoms. The van der Waals surface area contributed by atoms with E-state index in [4.69, 9.17) is 0 Å². The van der Waals surface area contributed by atoms with Crippen LogP contribution in [0, 0.1) is 17.8 Å². The van der Waals surface area contributed by atoms with Crippen molar-refractivity contribution in [2.45, 2.75) is 76.0 Å². The lowest BCUT2D eigenvalue weighted by molar-refractivity contribution is -0.126. The Morgan fingerprint density at radius 2 is 1.69 bits per heavy atom. The van der Waals surface area contributed by atoms with Crippen molar-refractivity contribution in [3.8, 4) is 0 Å². The van der Waals surface area contributed by atoms with E-state index >= 15 is 0 Å². The number of aliphatic hydroxyl groups is 1. The summed E-state index contributed by atoms with van der Waals surface area (Å²) in [5.74, 6) is 2.63. The lowest BCUT2D eigenvalue weighted by Crippen LogP contribution is -2.60. The van der Waals surface area contributed by atoms with Gasteiger partial charge in [-0.25, -0.2) is 0 Å². The van der Waals surface area contributed by atoms with Gasteiger partial charge in [-0.1, -0.05) is 36.4 Å². The van der Waals surface area contributed by atoms with Gasteiger partial charge in [0.15, 0.2) is 0 Å². The van der Waals surface area contributed by atoms with E-state index in [-0.39, 0.29) is 17.5 Å². The highest BCUT2D eigenvalue weighted by atomic mass is 16.3. The zero-order chi connectivity index (χ0) is 25.1. The summed E-state index contributed by atoms with van der Waals surface area (Å²) in [6, 6.07) is 15.7. The van der Waals surface area contributed by atoms with Crippen molar-refractivity contribution in [3.63, 3.8) is 0 Å². The zero-order valence-corrected chi connectivity index (χ0v) is 21.2. The van der Waals surface area contributed by atoms with Crippen LogP contribution < -0.4 is 16.0 Å². The van der Waals surface area contributed by atoms with E-state index in [1.54, 1.807) is 12.1 Å². The van der Waals surface area contributed by atoms with E-state index in [0.717, 1.165) is 35.3 Å².